The van der Waals surface area contributed by atoms with E-state index in [1.54, 1.807) is 13.0 Å². The van der Waals surface area contributed by atoms with Gasteiger partial charge in [0, 0.05) is 6.07 Å². The van der Waals surface area contributed by atoms with Crippen molar-refractivity contribution in [3.63, 3.8) is 0 Å². The van der Waals surface area contributed by atoms with Gasteiger partial charge in [-0.05, 0) is 6.92 Å². The van der Waals surface area contributed by atoms with Crippen molar-refractivity contribution in [2.24, 2.45) is 0 Å². The second kappa shape index (κ2) is 2.50. The van der Waals surface area contributed by atoms with Crippen LogP contribution < -0.4 is 0 Å². The standard InChI is InChI=1S/C6H6N2O2/c1-4-2-6(10-8-4)5(9)3-7/h2,5,9H,1H3. The lowest BCUT2D eigenvalue weighted by Gasteiger charge is -1.89. The van der Waals surface area contributed by atoms with Crippen LogP contribution in [0.15, 0.2) is 10.6 Å². The van der Waals surface area contributed by atoms with Gasteiger partial charge in [0.1, 0.15) is 6.07 Å². The van der Waals surface area contributed by atoms with Crippen LogP contribution in [0.5, 0.6) is 0 Å². The molecule has 0 aromatic carbocycles. The monoisotopic (exact) mass is 138 g/mol. The Morgan fingerprint density at radius 1 is 1.90 bits per heavy atom. The number of nitriles is 1. The molecule has 0 spiro atoms. The lowest BCUT2D eigenvalue weighted by Crippen LogP contribution is -1.88. The Bertz CT molecular complexity index is 261. The Kier molecular flexibility index (Phi) is 1.69. The van der Waals surface area contributed by atoms with E-state index in [9.17, 15) is 0 Å². The zero-order chi connectivity index (χ0) is 7.56. The molecule has 0 saturated heterocycles. The number of hydrogen-bond acceptors (Lipinski definition) is 4. The number of rotatable bonds is 1. The summed E-state index contributed by atoms with van der Waals surface area (Å²) in [6, 6.07) is 3.14. The molecule has 1 N–H and O–H groups in total. The fraction of sp³-hybridized carbons (Fsp3) is 0.333. The third-order valence-corrected chi connectivity index (χ3v) is 1.04. The first kappa shape index (κ1) is 6.78. The molecule has 4 heteroatoms. The summed E-state index contributed by atoms with van der Waals surface area (Å²) in [6.07, 6.45) is -1.19. The normalized spacial score (nSPS) is 12.5. The van der Waals surface area contributed by atoms with E-state index < -0.39 is 6.10 Å². The highest BCUT2D eigenvalue weighted by molar-refractivity contribution is 5.11. The minimum Gasteiger partial charge on any atom is -0.371 e. The molecule has 0 fully saturated rings. The van der Waals surface area contributed by atoms with Crippen molar-refractivity contribution in [3.05, 3.63) is 17.5 Å². The topological polar surface area (TPSA) is 70.0 Å². The Morgan fingerprint density at radius 2 is 2.60 bits per heavy atom. The molecule has 52 valence electrons. The molecular weight excluding hydrogens is 132 g/mol. The Labute approximate surface area is 57.7 Å². The number of aliphatic hydroxyl groups is 1. The lowest BCUT2D eigenvalue weighted by molar-refractivity contribution is 0.189. The number of aliphatic hydroxyl groups excluding tert-OH is 1. The molecule has 1 aromatic rings. The average Bonchev–Trinajstić information content (AvgIpc) is 2.34. The number of aryl methyl sites for hydroxylation is 1. The minimum absolute atomic E-state index is 0.194. The van der Waals surface area contributed by atoms with Crippen LogP contribution in [0.2, 0.25) is 0 Å². The van der Waals surface area contributed by atoms with Crippen LogP contribution in [0.25, 0.3) is 0 Å². The Balaban J connectivity index is 2.87. The first-order valence-electron chi connectivity index (χ1n) is 2.75. The summed E-state index contributed by atoms with van der Waals surface area (Å²) in [4.78, 5) is 0. The Morgan fingerprint density at radius 3 is 3.00 bits per heavy atom. The predicted molar refractivity (Wildman–Crippen MR) is 31.8 cm³/mol. The van der Waals surface area contributed by atoms with Crippen molar-refractivity contribution in [2.75, 3.05) is 0 Å². The van der Waals surface area contributed by atoms with Gasteiger partial charge in [0.15, 0.2) is 5.76 Å². The summed E-state index contributed by atoms with van der Waals surface area (Å²) in [5, 5.41) is 20.6. The van der Waals surface area contributed by atoms with Gasteiger partial charge in [0.25, 0.3) is 0 Å². The average molecular weight is 138 g/mol. The van der Waals surface area contributed by atoms with E-state index in [1.807, 2.05) is 0 Å². The van der Waals surface area contributed by atoms with Gasteiger partial charge < -0.3 is 9.63 Å². The zero-order valence-corrected chi connectivity index (χ0v) is 5.40. The highest BCUT2D eigenvalue weighted by atomic mass is 16.5. The second-order valence-electron chi connectivity index (χ2n) is 1.90. The van der Waals surface area contributed by atoms with Crippen LogP contribution in [0.3, 0.4) is 0 Å². The number of hydrogen-bond donors (Lipinski definition) is 1. The fourth-order valence-corrected chi connectivity index (χ4v) is 0.576. The van der Waals surface area contributed by atoms with E-state index in [2.05, 4.69) is 9.68 Å². The molecule has 1 atom stereocenters. The molecule has 0 aliphatic heterocycles. The molecule has 10 heavy (non-hydrogen) atoms. The maximum absolute atomic E-state index is 8.85. The summed E-state index contributed by atoms with van der Waals surface area (Å²) in [6.45, 7) is 1.72. The zero-order valence-electron chi connectivity index (χ0n) is 5.40. The van der Waals surface area contributed by atoms with Crippen LogP contribution in [0, 0.1) is 18.3 Å². The number of aromatic nitrogens is 1. The maximum Gasteiger partial charge on any atom is 0.201 e. The predicted octanol–water partition coefficient (Wildman–Crippen LogP) is 0.540. The quantitative estimate of drug-likeness (QED) is 0.575. The second-order valence-corrected chi connectivity index (χ2v) is 1.90. The third-order valence-electron chi connectivity index (χ3n) is 1.04. The molecule has 0 saturated carbocycles. The van der Waals surface area contributed by atoms with Crippen molar-refractivity contribution in [1.29, 1.82) is 5.26 Å². The summed E-state index contributed by atoms with van der Waals surface area (Å²) in [5.41, 5.74) is 0.657. The van der Waals surface area contributed by atoms with E-state index in [0.29, 0.717) is 5.69 Å². The highest BCUT2D eigenvalue weighted by Gasteiger charge is 2.10. The van der Waals surface area contributed by atoms with E-state index >= 15 is 0 Å². The smallest absolute Gasteiger partial charge is 0.201 e. The van der Waals surface area contributed by atoms with Crippen molar-refractivity contribution >= 4 is 0 Å². The fourth-order valence-electron chi connectivity index (χ4n) is 0.576. The molecule has 0 aliphatic carbocycles. The van der Waals surface area contributed by atoms with Crippen molar-refractivity contribution in [2.45, 2.75) is 13.0 Å². The molecule has 0 radical (unpaired) electrons. The van der Waals surface area contributed by atoms with Gasteiger partial charge in [0.2, 0.25) is 6.10 Å². The van der Waals surface area contributed by atoms with Crippen molar-refractivity contribution < 1.29 is 9.63 Å². The summed E-state index contributed by atoms with van der Waals surface area (Å²) < 4.78 is 4.59. The molecule has 1 heterocycles. The number of nitrogens with zero attached hydrogens (tertiary/aromatic N) is 2. The maximum atomic E-state index is 8.85. The van der Waals surface area contributed by atoms with E-state index in [4.69, 9.17) is 10.4 Å². The van der Waals surface area contributed by atoms with Crippen LogP contribution in [0.4, 0.5) is 0 Å². The largest absolute Gasteiger partial charge is 0.371 e. The van der Waals surface area contributed by atoms with E-state index in [0.717, 1.165) is 0 Å². The molecule has 0 aliphatic rings. The highest BCUT2D eigenvalue weighted by Crippen LogP contribution is 2.11. The van der Waals surface area contributed by atoms with Crippen LogP contribution >= 0.6 is 0 Å². The van der Waals surface area contributed by atoms with Crippen LogP contribution in [-0.4, -0.2) is 10.3 Å². The van der Waals surface area contributed by atoms with Gasteiger partial charge in [0.05, 0.1) is 5.69 Å². The van der Waals surface area contributed by atoms with Crippen LogP contribution in [-0.2, 0) is 0 Å². The molecular formula is C6H6N2O2. The molecule has 0 amide bonds. The van der Waals surface area contributed by atoms with Crippen molar-refractivity contribution in [1.82, 2.24) is 5.16 Å². The summed E-state index contributed by atoms with van der Waals surface area (Å²) in [7, 11) is 0. The summed E-state index contributed by atoms with van der Waals surface area (Å²) >= 11 is 0. The third kappa shape index (κ3) is 1.14. The van der Waals surface area contributed by atoms with Gasteiger partial charge in [-0.2, -0.15) is 5.26 Å². The van der Waals surface area contributed by atoms with E-state index in [-0.39, 0.29) is 5.76 Å². The summed E-state index contributed by atoms with van der Waals surface area (Å²) in [5.74, 6) is 0.194. The molecule has 0 bridgehead atoms. The molecule has 4 nitrogen and oxygen atoms in total. The van der Waals surface area contributed by atoms with Gasteiger partial charge in [-0.1, -0.05) is 5.16 Å². The Hall–Kier alpha value is -1.34. The lowest BCUT2D eigenvalue weighted by atomic mass is 10.3. The van der Waals surface area contributed by atoms with E-state index in [1.165, 1.54) is 6.07 Å². The van der Waals surface area contributed by atoms with Gasteiger partial charge in [-0.15, -0.1) is 0 Å². The first-order chi connectivity index (χ1) is 4.74. The van der Waals surface area contributed by atoms with Gasteiger partial charge in [-0.3, -0.25) is 0 Å². The van der Waals surface area contributed by atoms with Gasteiger partial charge in [-0.25, -0.2) is 0 Å². The molecule has 1 aromatic heterocycles. The first-order valence-corrected chi connectivity index (χ1v) is 2.75. The van der Waals surface area contributed by atoms with Crippen LogP contribution in [0.1, 0.15) is 17.6 Å². The minimum atomic E-state index is -1.19. The SMILES string of the molecule is Cc1cc(C(O)C#N)on1. The van der Waals surface area contributed by atoms with Crippen molar-refractivity contribution in [3.8, 4) is 6.07 Å². The molecule has 1 rings (SSSR count). The molecule has 1 unspecified atom stereocenters. The van der Waals surface area contributed by atoms with Gasteiger partial charge >= 0.3 is 0 Å².